The van der Waals surface area contributed by atoms with Crippen molar-refractivity contribution in [3.63, 3.8) is 0 Å². The lowest BCUT2D eigenvalue weighted by molar-refractivity contribution is 0.415. The van der Waals surface area contributed by atoms with E-state index in [1.807, 2.05) is 84.9 Å². The van der Waals surface area contributed by atoms with Gasteiger partial charge in [-0.25, -0.2) is 0 Å². The molecular weight excluding hydrogens is 315 g/mol. The van der Waals surface area contributed by atoms with Crippen molar-refractivity contribution in [2.45, 2.75) is 0 Å². The maximum Gasteiger partial charge on any atom is 0.171 e. The van der Waals surface area contributed by atoms with Crippen molar-refractivity contribution in [2.75, 3.05) is 7.11 Å². The van der Waals surface area contributed by atoms with E-state index < -0.39 is 7.14 Å². The summed E-state index contributed by atoms with van der Waals surface area (Å²) in [7, 11) is -1.37. The predicted molar refractivity (Wildman–Crippen MR) is 102 cm³/mol. The van der Waals surface area contributed by atoms with Gasteiger partial charge in [-0.15, -0.1) is 0 Å². The van der Waals surface area contributed by atoms with Crippen molar-refractivity contribution in [1.29, 1.82) is 0 Å². The third kappa shape index (κ3) is 2.93. The molecule has 120 valence electrons. The van der Waals surface area contributed by atoms with Crippen molar-refractivity contribution < 1.29 is 9.30 Å². The average Bonchev–Trinajstić information content (AvgIpc) is 2.68. The fraction of sp³-hybridized carbons (Fsp3) is 0.0476. The van der Waals surface area contributed by atoms with Gasteiger partial charge in [-0.1, -0.05) is 79.4 Å². The average molecular weight is 334 g/mol. The van der Waals surface area contributed by atoms with E-state index in [9.17, 15) is 4.57 Å². The summed E-state index contributed by atoms with van der Waals surface area (Å²) in [5, 5.41) is 2.21. The van der Waals surface area contributed by atoms with Crippen molar-refractivity contribution in [3.8, 4) is 5.75 Å². The second kappa shape index (κ2) is 6.90. The Labute approximate surface area is 142 Å². The summed E-state index contributed by atoms with van der Waals surface area (Å²) >= 11 is 0. The van der Waals surface area contributed by atoms with Gasteiger partial charge in [-0.2, -0.15) is 0 Å². The van der Waals surface area contributed by atoms with Gasteiger partial charge in [0, 0.05) is 15.9 Å². The van der Waals surface area contributed by atoms with Gasteiger partial charge in [-0.3, -0.25) is 0 Å². The van der Waals surface area contributed by atoms with Gasteiger partial charge in [0.05, 0.1) is 7.11 Å². The van der Waals surface area contributed by atoms with Crippen molar-refractivity contribution in [2.24, 2.45) is 0 Å². The maximum atomic E-state index is 14.1. The van der Waals surface area contributed by atoms with E-state index in [0.29, 0.717) is 5.31 Å². The molecule has 0 aliphatic rings. The Morgan fingerprint density at radius 1 is 0.792 bits per heavy atom. The van der Waals surface area contributed by atoms with Crippen LogP contribution in [0.3, 0.4) is 0 Å². The molecule has 0 aliphatic carbocycles. The molecule has 0 fully saturated rings. The van der Waals surface area contributed by atoms with Gasteiger partial charge in [0.25, 0.3) is 0 Å². The SMILES string of the molecule is C=C(c1ccc(OC)cc1)P(=O)(c1ccccc1)c1ccccc1. The smallest absolute Gasteiger partial charge is 0.171 e. The first-order valence-corrected chi connectivity index (χ1v) is 9.42. The van der Waals surface area contributed by atoms with E-state index in [1.54, 1.807) is 7.11 Å². The summed E-state index contributed by atoms with van der Waals surface area (Å²) < 4.78 is 19.3. The summed E-state index contributed by atoms with van der Waals surface area (Å²) in [4.78, 5) is 0. The van der Waals surface area contributed by atoms with Crippen LogP contribution in [0.15, 0.2) is 91.5 Å². The number of hydrogen-bond donors (Lipinski definition) is 0. The highest BCUT2D eigenvalue weighted by molar-refractivity contribution is 7.87. The molecule has 2 nitrogen and oxygen atoms in total. The van der Waals surface area contributed by atoms with Crippen LogP contribution in [0, 0.1) is 0 Å². The first kappa shape index (κ1) is 16.3. The van der Waals surface area contributed by atoms with Gasteiger partial charge >= 0.3 is 0 Å². The van der Waals surface area contributed by atoms with Crippen LogP contribution in [0.1, 0.15) is 5.56 Å². The highest BCUT2D eigenvalue weighted by atomic mass is 31.2. The second-order valence-electron chi connectivity index (χ2n) is 5.46. The number of hydrogen-bond acceptors (Lipinski definition) is 2. The minimum atomic E-state index is -3.00. The van der Waals surface area contributed by atoms with E-state index >= 15 is 0 Å². The fourth-order valence-corrected chi connectivity index (χ4v) is 5.32. The first-order valence-electron chi connectivity index (χ1n) is 7.71. The van der Waals surface area contributed by atoms with Crippen LogP contribution in [0.2, 0.25) is 0 Å². The van der Waals surface area contributed by atoms with E-state index in [2.05, 4.69) is 6.58 Å². The van der Waals surface area contributed by atoms with Crippen LogP contribution in [-0.4, -0.2) is 7.11 Å². The Balaban J connectivity index is 2.15. The van der Waals surface area contributed by atoms with Gasteiger partial charge in [-0.05, 0) is 17.7 Å². The van der Waals surface area contributed by atoms with Crippen molar-refractivity contribution >= 4 is 23.1 Å². The second-order valence-corrected chi connectivity index (χ2v) is 8.25. The highest BCUT2D eigenvalue weighted by Gasteiger charge is 2.31. The zero-order valence-corrected chi connectivity index (χ0v) is 14.4. The molecule has 3 aromatic rings. The molecule has 0 amide bonds. The Morgan fingerprint density at radius 3 is 1.67 bits per heavy atom. The van der Waals surface area contributed by atoms with Crippen LogP contribution in [0.5, 0.6) is 5.75 Å². The normalized spacial score (nSPS) is 11.0. The van der Waals surface area contributed by atoms with Crippen LogP contribution < -0.4 is 15.3 Å². The minimum absolute atomic E-state index is 0.627. The lowest BCUT2D eigenvalue weighted by atomic mass is 10.2. The Kier molecular flexibility index (Phi) is 4.69. The number of benzene rings is 3. The third-order valence-corrected chi connectivity index (χ3v) is 7.11. The number of rotatable bonds is 5. The van der Waals surface area contributed by atoms with Crippen molar-refractivity contribution in [1.82, 2.24) is 0 Å². The molecule has 0 spiro atoms. The first-order chi connectivity index (χ1) is 11.7. The van der Waals surface area contributed by atoms with E-state index in [0.717, 1.165) is 21.9 Å². The Morgan fingerprint density at radius 2 is 1.25 bits per heavy atom. The molecule has 3 rings (SSSR count). The quantitative estimate of drug-likeness (QED) is 0.633. The largest absolute Gasteiger partial charge is 0.497 e. The van der Waals surface area contributed by atoms with Gasteiger partial charge in [0.2, 0.25) is 0 Å². The maximum absolute atomic E-state index is 14.1. The highest BCUT2D eigenvalue weighted by Crippen LogP contribution is 2.55. The summed E-state index contributed by atoms with van der Waals surface area (Å²) in [5.41, 5.74) is 0.854. The molecular formula is C21H19O2P. The molecule has 0 saturated carbocycles. The monoisotopic (exact) mass is 334 g/mol. The Hall–Kier alpha value is -2.57. The minimum Gasteiger partial charge on any atom is -0.497 e. The molecule has 0 unspecified atom stereocenters. The lowest BCUT2D eigenvalue weighted by Gasteiger charge is -2.22. The molecule has 3 heteroatoms. The van der Waals surface area contributed by atoms with E-state index in [1.165, 1.54) is 0 Å². The number of ether oxygens (including phenoxy) is 1. The summed E-state index contributed by atoms with van der Waals surface area (Å²) in [5.74, 6) is 0.765. The van der Waals surface area contributed by atoms with E-state index in [4.69, 9.17) is 4.74 Å². The number of methoxy groups -OCH3 is 1. The zero-order chi connectivity index (χ0) is 17.0. The van der Waals surface area contributed by atoms with Crippen molar-refractivity contribution in [3.05, 3.63) is 97.1 Å². The lowest BCUT2D eigenvalue weighted by Crippen LogP contribution is -2.16. The molecule has 0 saturated heterocycles. The van der Waals surface area contributed by atoms with Crippen LogP contribution >= 0.6 is 7.14 Å². The van der Waals surface area contributed by atoms with Gasteiger partial charge in [0.15, 0.2) is 7.14 Å². The molecule has 24 heavy (non-hydrogen) atoms. The Bertz CT molecular complexity index is 825. The molecule has 0 heterocycles. The summed E-state index contributed by atoms with van der Waals surface area (Å²) in [6, 6.07) is 26.6. The van der Waals surface area contributed by atoms with Crippen LogP contribution in [0.25, 0.3) is 5.31 Å². The van der Waals surface area contributed by atoms with Crippen LogP contribution in [0.4, 0.5) is 0 Å². The molecule has 0 N–H and O–H groups in total. The molecule has 0 radical (unpaired) electrons. The van der Waals surface area contributed by atoms with Crippen LogP contribution in [-0.2, 0) is 4.57 Å². The molecule has 0 atom stereocenters. The topological polar surface area (TPSA) is 26.3 Å². The molecule has 0 bridgehead atoms. The van der Waals surface area contributed by atoms with E-state index in [-0.39, 0.29) is 0 Å². The zero-order valence-electron chi connectivity index (χ0n) is 13.6. The summed E-state index contributed by atoms with van der Waals surface area (Å²) in [6.45, 7) is 4.20. The predicted octanol–water partition coefficient (Wildman–Crippen LogP) is 4.68. The molecule has 3 aromatic carbocycles. The van der Waals surface area contributed by atoms with Gasteiger partial charge < -0.3 is 9.30 Å². The standard InChI is InChI=1S/C21H19O2P/c1-17(18-13-15-19(23-2)16-14-18)24(22,20-9-5-3-6-10-20)21-11-7-4-8-12-21/h3-16H,1H2,2H3. The summed E-state index contributed by atoms with van der Waals surface area (Å²) in [6.07, 6.45) is 0. The molecule has 0 aromatic heterocycles. The van der Waals surface area contributed by atoms with Gasteiger partial charge in [0.1, 0.15) is 5.75 Å². The third-order valence-electron chi connectivity index (χ3n) is 4.04. The fourth-order valence-electron chi connectivity index (χ4n) is 2.70. The molecule has 0 aliphatic heterocycles.